The van der Waals surface area contributed by atoms with E-state index in [9.17, 15) is 0 Å². The minimum absolute atomic E-state index is 0.549. The van der Waals surface area contributed by atoms with E-state index in [1.165, 1.54) is 5.57 Å². The first kappa shape index (κ1) is 8.28. The maximum Gasteiger partial charge on any atom is -0.00705 e. The first-order valence-electron chi connectivity index (χ1n) is 3.21. The molecule has 0 amide bonds. The summed E-state index contributed by atoms with van der Waals surface area (Å²) in [6, 6.07) is 0. The maximum atomic E-state index is 5.31. The van der Waals surface area contributed by atoms with Gasteiger partial charge in [-0.05, 0) is 25.5 Å². The van der Waals surface area contributed by atoms with Gasteiger partial charge in [-0.1, -0.05) is 18.6 Å². The Morgan fingerprint density at radius 1 is 1.78 bits per heavy atom. The van der Waals surface area contributed by atoms with E-state index in [4.69, 9.17) is 5.73 Å². The second kappa shape index (κ2) is 4.19. The smallest absolute Gasteiger partial charge is 0.00705 e. The molecular weight excluding hydrogens is 110 g/mol. The van der Waals surface area contributed by atoms with Gasteiger partial charge in [0.25, 0.3) is 0 Å². The van der Waals surface area contributed by atoms with Gasteiger partial charge in [-0.15, -0.1) is 6.58 Å². The summed E-state index contributed by atoms with van der Waals surface area (Å²) in [5.74, 6) is 0.549. The van der Waals surface area contributed by atoms with Crippen molar-refractivity contribution in [2.45, 2.75) is 20.3 Å². The van der Waals surface area contributed by atoms with E-state index >= 15 is 0 Å². The van der Waals surface area contributed by atoms with Crippen LogP contribution in [0.3, 0.4) is 0 Å². The molecule has 0 radical (unpaired) electrons. The van der Waals surface area contributed by atoms with Crippen LogP contribution in [0.5, 0.6) is 0 Å². The van der Waals surface area contributed by atoms with Crippen molar-refractivity contribution >= 4 is 0 Å². The van der Waals surface area contributed by atoms with Crippen molar-refractivity contribution in [2.24, 2.45) is 11.7 Å². The Labute approximate surface area is 57.3 Å². The number of hydrogen-bond acceptors (Lipinski definition) is 1. The minimum Gasteiger partial charge on any atom is -0.405 e. The summed E-state index contributed by atoms with van der Waals surface area (Å²) in [4.78, 5) is 0. The van der Waals surface area contributed by atoms with Crippen LogP contribution >= 0.6 is 0 Å². The number of rotatable bonds is 3. The molecule has 1 atom stereocenters. The molecule has 0 rings (SSSR count). The molecule has 1 unspecified atom stereocenters. The first-order chi connectivity index (χ1) is 4.22. The fourth-order valence-electron chi connectivity index (χ4n) is 0.600. The van der Waals surface area contributed by atoms with Gasteiger partial charge in [-0.25, -0.2) is 0 Å². The number of hydrogen-bond donors (Lipinski definition) is 1. The van der Waals surface area contributed by atoms with E-state index in [1.54, 1.807) is 6.20 Å². The van der Waals surface area contributed by atoms with E-state index in [2.05, 4.69) is 13.5 Å². The maximum absolute atomic E-state index is 5.31. The molecule has 0 bridgehead atoms. The first-order valence-corrected chi connectivity index (χ1v) is 3.21. The molecule has 0 aromatic rings. The molecular formula is C8H15N. The molecule has 2 N–H and O–H groups in total. The van der Waals surface area contributed by atoms with E-state index in [-0.39, 0.29) is 0 Å². The molecule has 0 aliphatic heterocycles. The van der Waals surface area contributed by atoms with Gasteiger partial charge in [0.15, 0.2) is 0 Å². The van der Waals surface area contributed by atoms with Gasteiger partial charge in [0.2, 0.25) is 0 Å². The van der Waals surface area contributed by atoms with Gasteiger partial charge in [0.1, 0.15) is 0 Å². The molecule has 0 aromatic carbocycles. The van der Waals surface area contributed by atoms with Crippen molar-refractivity contribution in [3.05, 3.63) is 24.4 Å². The average Bonchev–Trinajstić information content (AvgIpc) is 1.87. The Kier molecular flexibility index (Phi) is 3.85. The lowest BCUT2D eigenvalue weighted by molar-refractivity contribution is 0.693. The van der Waals surface area contributed by atoms with Crippen molar-refractivity contribution in [3.8, 4) is 0 Å². The predicted octanol–water partition coefficient (Wildman–Crippen LogP) is 2.06. The largest absolute Gasteiger partial charge is 0.405 e. The van der Waals surface area contributed by atoms with Crippen LogP contribution in [0.15, 0.2) is 24.4 Å². The molecule has 9 heavy (non-hydrogen) atoms. The molecule has 0 aromatic heterocycles. The standard InChI is InChI=1S/C8H15N/c1-4-5-7(2)8(3)6-9/h4,6-7H,1,5,9H2,2-3H3/b8-6+. The van der Waals surface area contributed by atoms with Crippen molar-refractivity contribution < 1.29 is 0 Å². The lowest BCUT2D eigenvalue weighted by Gasteiger charge is -2.06. The third-order valence-electron chi connectivity index (χ3n) is 1.56. The van der Waals surface area contributed by atoms with Crippen LogP contribution in [0.1, 0.15) is 20.3 Å². The van der Waals surface area contributed by atoms with Crippen molar-refractivity contribution in [2.75, 3.05) is 0 Å². The van der Waals surface area contributed by atoms with Crippen molar-refractivity contribution in [1.29, 1.82) is 0 Å². The third-order valence-corrected chi connectivity index (χ3v) is 1.56. The SMILES string of the molecule is C=CCC(C)/C(C)=C/N. The van der Waals surface area contributed by atoms with Crippen molar-refractivity contribution in [3.63, 3.8) is 0 Å². The molecule has 0 saturated carbocycles. The summed E-state index contributed by atoms with van der Waals surface area (Å²) < 4.78 is 0. The zero-order valence-electron chi connectivity index (χ0n) is 6.22. The van der Waals surface area contributed by atoms with Crippen LogP contribution in [-0.2, 0) is 0 Å². The second-order valence-electron chi connectivity index (χ2n) is 2.34. The normalized spacial score (nSPS) is 15.1. The summed E-state index contributed by atoms with van der Waals surface area (Å²) in [5, 5.41) is 0. The highest BCUT2D eigenvalue weighted by Gasteiger charge is 1.98. The van der Waals surface area contributed by atoms with Crippen LogP contribution in [-0.4, -0.2) is 0 Å². The second-order valence-corrected chi connectivity index (χ2v) is 2.34. The van der Waals surface area contributed by atoms with Gasteiger partial charge >= 0.3 is 0 Å². The van der Waals surface area contributed by atoms with Crippen LogP contribution < -0.4 is 5.73 Å². The highest BCUT2D eigenvalue weighted by Crippen LogP contribution is 2.11. The zero-order valence-corrected chi connectivity index (χ0v) is 6.22. The summed E-state index contributed by atoms with van der Waals surface area (Å²) in [5.41, 5.74) is 6.54. The van der Waals surface area contributed by atoms with Gasteiger partial charge in [-0.3, -0.25) is 0 Å². The summed E-state index contributed by atoms with van der Waals surface area (Å²) >= 11 is 0. The van der Waals surface area contributed by atoms with Crippen LogP contribution in [0.2, 0.25) is 0 Å². The summed E-state index contributed by atoms with van der Waals surface area (Å²) in [7, 11) is 0. The van der Waals surface area contributed by atoms with Gasteiger partial charge in [0.05, 0.1) is 0 Å². The fourth-order valence-corrected chi connectivity index (χ4v) is 0.600. The summed E-state index contributed by atoms with van der Waals surface area (Å²) in [6.07, 6.45) is 4.59. The van der Waals surface area contributed by atoms with Gasteiger partial charge in [-0.2, -0.15) is 0 Å². The molecule has 0 fully saturated rings. The molecule has 52 valence electrons. The Balaban J connectivity index is 3.72. The van der Waals surface area contributed by atoms with Crippen LogP contribution in [0.25, 0.3) is 0 Å². The van der Waals surface area contributed by atoms with Crippen LogP contribution in [0, 0.1) is 5.92 Å². The van der Waals surface area contributed by atoms with E-state index < -0.39 is 0 Å². The highest BCUT2D eigenvalue weighted by atomic mass is 14.5. The van der Waals surface area contributed by atoms with E-state index in [1.807, 2.05) is 13.0 Å². The molecule has 0 aliphatic carbocycles. The average molecular weight is 125 g/mol. The fraction of sp³-hybridized carbons (Fsp3) is 0.500. The number of allylic oxidation sites excluding steroid dienone is 2. The molecule has 1 heteroatoms. The highest BCUT2D eigenvalue weighted by molar-refractivity contribution is 5.01. The van der Waals surface area contributed by atoms with Crippen molar-refractivity contribution in [1.82, 2.24) is 0 Å². The summed E-state index contributed by atoms with van der Waals surface area (Å²) in [6.45, 7) is 7.82. The monoisotopic (exact) mass is 125 g/mol. The lowest BCUT2D eigenvalue weighted by atomic mass is 10.0. The predicted molar refractivity (Wildman–Crippen MR) is 41.9 cm³/mol. The zero-order chi connectivity index (χ0) is 7.28. The van der Waals surface area contributed by atoms with Gasteiger partial charge in [0, 0.05) is 0 Å². The van der Waals surface area contributed by atoms with E-state index in [0.29, 0.717) is 5.92 Å². The molecule has 0 aliphatic rings. The Hall–Kier alpha value is -0.720. The molecule has 0 heterocycles. The molecule has 0 spiro atoms. The quantitative estimate of drug-likeness (QED) is 0.574. The van der Waals surface area contributed by atoms with Crippen LogP contribution in [0.4, 0.5) is 0 Å². The minimum atomic E-state index is 0.549. The topological polar surface area (TPSA) is 26.0 Å². The third kappa shape index (κ3) is 2.96. The Morgan fingerprint density at radius 3 is 2.67 bits per heavy atom. The molecule has 1 nitrogen and oxygen atoms in total. The number of nitrogens with two attached hydrogens (primary N) is 1. The Bertz CT molecular complexity index is 114. The lowest BCUT2D eigenvalue weighted by Crippen LogP contribution is -1.96. The van der Waals surface area contributed by atoms with Gasteiger partial charge < -0.3 is 5.73 Å². The molecule has 0 saturated heterocycles. The Morgan fingerprint density at radius 2 is 2.33 bits per heavy atom. The van der Waals surface area contributed by atoms with E-state index in [0.717, 1.165) is 6.42 Å².